The highest BCUT2D eigenvalue weighted by atomic mass is 16.3. The summed E-state index contributed by atoms with van der Waals surface area (Å²) in [4.78, 5) is 38.2. The number of amides is 3. The first-order valence-electron chi connectivity index (χ1n) is 7.79. The van der Waals surface area contributed by atoms with Gasteiger partial charge in [0.1, 0.15) is 11.3 Å². The second-order valence-electron chi connectivity index (χ2n) is 7.27. The molecule has 1 atom stereocenters. The van der Waals surface area contributed by atoms with Gasteiger partial charge >= 0.3 is 6.03 Å². The highest BCUT2D eigenvalue weighted by Crippen LogP contribution is 2.33. The lowest BCUT2D eigenvalue weighted by Gasteiger charge is -2.21. The van der Waals surface area contributed by atoms with Gasteiger partial charge in [-0.25, -0.2) is 4.79 Å². The minimum absolute atomic E-state index is 0.181. The summed E-state index contributed by atoms with van der Waals surface area (Å²) < 4.78 is 5.75. The molecule has 3 amide bonds. The third-order valence-corrected chi connectivity index (χ3v) is 4.33. The van der Waals surface area contributed by atoms with Crippen molar-refractivity contribution in [2.75, 3.05) is 6.54 Å². The second-order valence-corrected chi connectivity index (χ2v) is 7.27. The van der Waals surface area contributed by atoms with Crippen molar-refractivity contribution in [2.24, 2.45) is 5.41 Å². The summed E-state index contributed by atoms with van der Waals surface area (Å²) in [7, 11) is 0. The lowest BCUT2D eigenvalue weighted by molar-refractivity contribution is -0.136. The number of urea groups is 1. The fourth-order valence-corrected chi connectivity index (χ4v) is 2.62. The Morgan fingerprint density at radius 2 is 1.92 bits per heavy atom. The van der Waals surface area contributed by atoms with Gasteiger partial charge in [0.25, 0.3) is 5.91 Å². The van der Waals surface area contributed by atoms with Gasteiger partial charge in [-0.15, -0.1) is 0 Å². The zero-order chi connectivity index (χ0) is 17.7. The number of hydrogen-bond donors (Lipinski definition) is 1. The summed E-state index contributed by atoms with van der Waals surface area (Å²) in [6.45, 7) is 6.61. The van der Waals surface area contributed by atoms with E-state index in [2.05, 4.69) is 5.32 Å². The van der Waals surface area contributed by atoms with Crippen LogP contribution in [-0.4, -0.2) is 29.2 Å². The number of imide groups is 1. The van der Waals surface area contributed by atoms with Gasteiger partial charge in [-0.3, -0.25) is 14.5 Å². The van der Waals surface area contributed by atoms with Crippen LogP contribution in [0.25, 0.3) is 11.0 Å². The number of rotatable bonds is 3. The molecule has 1 fully saturated rings. The van der Waals surface area contributed by atoms with Crippen molar-refractivity contribution in [3.8, 4) is 0 Å². The molecule has 0 bridgehead atoms. The number of ketones is 1. The molecule has 0 unspecified atom stereocenters. The molecule has 6 nitrogen and oxygen atoms in total. The maximum atomic E-state index is 12.8. The number of furan rings is 1. The summed E-state index contributed by atoms with van der Waals surface area (Å²) in [5, 5.41) is 3.50. The molecule has 0 saturated carbocycles. The van der Waals surface area contributed by atoms with E-state index in [0.717, 1.165) is 10.3 Å². The molecule has 1 N–H and O–H groups in total. The summed E-state index contributed by atoms with van der Waals surface area (Å²) >= 11 is 0. The Hall–Kier alpha value is -2.63. The minimum atomic E-state index is -1.31. The molecule has 1 aliphatic heterocycles. The Balaban J connectivity index is 1.93. The van der Waals surface area contributed by atoms with Crippen LogP contribution in [0.15, 0.2) is 34.7 Å². The number of para-hydroxylation sites is 1. The molecule has 0 spiro atoms. The average molecular weight is 328 g/mol. The van der Waals surface area contributed by atoms with Gasteiger partial charge in [0, 0.05) is 10.8 Å². The fraction of sp³-hybridized carbons (Fsp3) is 0.389. The van der Waals surface area contributed by atoms with Gasteiger partial charge in [-0.05, 0) is 19.1 Å². The third kappa shape index (κ3) is 2.48. The van der Waals surface area contributed by atoms with Crippen molar-refractivity contribution in [3.63, 3.8) is 0 Å². The van der Waals surface area contributed by atoms with Gasteiger partial charge in [-0.1, -0.05) is 39.0 Å². The zero-order valence-corrected chi connectivity index (χ0v) is 14.2. The summed E-state index contributed by atoms with van der Waals surface area (Å²) in [5.41, 5.74) is -1.30. The van der Waals surface area contributed by atoms with Crippen LogP contribution in [0.1, 0.15) is 33.5 Å². The molecule has 3 rings (SSSR count). The molecule has 1 aromatic heterocycles. The van der Waals surface area contributed by atoms with Crippen molar-refractivity contribution in [1.82, 2.24) is 10.2 Å². The van der Waals surface area contributed by atoms with Crippen molar-refractivity contribution >= 4 is 28.7 Å². The van der Waals surface area contributed by atoms with Gasteiger partial charge in [0.2, 0.25) is 0 Å². The van der Waals surface area contributed by atoms with Crippen LogP contribution in [0.4, 0.5) is 4.79 Å². The van der Waals surface area contributed by atoms with E-state index in [9.17, 15) is 14.4 Å². The predicted molar refractivity (Wildman–Crippen MR) is 88.3 cm³/mol. The Kier molecular flexibility index (Phi) is 3.51. The number of nitrogens with one attached hydrogen (secondary N) is 1. The van der Waals surface area contributed by atoms with Crippen LogP contribution in [0, 0.1) is 5.41 Å². The van der Waals surface area contributed by atoms with Crippen LogP contribution in [-0.2, 0) is 15.1 Å². The van der Waals surface area contributed by atoms with Crippen molar-refractivity contribution in [1.29, 1.82) is 0 Å². The summed E-state index contributed by atoms with van der Waals surface area (Å²) in [6, 6.07) is 8.52. The molecule has 1 aromatic carbocycles. The van der Waals surface area contributed by atoms with Gasteiger partial charge in [-0.2, -0.15) is 0 Å². The molecule has 6 heteroatoms. The Bertz CT molecular complexity index is 813. The van der Waals surface area contributed by atoms with E-state index in [-0.39, 0.29) is 12.3 Å². The SMILES string of the molecule is CC(C)(C)C(=O)CN1C(=O)N[C@](C)(c2cc3ccccc3o2)C1=O. The average Bonchev–Trinajstić information content (AvgIpc) is 3.02. The first kappa shape index (κ1) is 16.2. The Labute approximate surface area is 139 Å². The topological polar surface area (TPSA) is 79.6 Å². The van der Waals surface area contributed by atoms with Gasteiger partial charge < -0.3 is 9.73 Å². The third-order valence-electron chi connectivity index (χ3n) is 4.33. The zero-order valence-electron chi connectivity index (χ0n) is 14.2. The molecule has 126 valence electrons. The van der Waals surface area contributed by atoms with Gasteiger partial charge in [0.15, 0.2) is 11.3 Å². The smallest absolute Gasteiger partial charge is 0.325 e. The van der Waals surface area contributed by atoms with Crippen LogP contribution in [0.2, 0.25) is 0 Å². The monoisotopic (exact) mass is 328 g/mol. The molecule has 1 aliphatic rings. The standard InChI is InChI=1S/C18H20N2O4/c1-17(2,3)13(21)10-20-15(22)18(4,19-16(20)23)14-9-11-7-5-6-8-12(11)24-14/h5-9H,10H2,1-4H3,(H,19,23)/t18-/m1/s1. The molecular weight excluding hydrogens is 308 g/mol. The highest BCUT2D eigenvalue weighted by molar-refractivity contribution is 6.09. The lowest BCUT2D eigenvalue weighted by atomic mass is 9.90. The van der Waals surface area contributed by atoms with Crippen LogP contribution in [0.5, 0.6) is 0 Å². The second kappa shape index (κ2) is 5.19. The first-order valence-corrected chi connectivity index (χ1v) is 7.79. The van der Waals surface area contributed by atoms with E-state index in [1.54, 1.807) is 39.8 Å². The van der Waals surface area contributed by atoms with Crippen molar-refractivity contribution < 1.29 is 18.8 Å². The number of nitrogens with zero attached hydrogens (tertiary/aromatic N) is 1. The molecule has 2 heterocycles. The van der Waals surface area contributed by atoms with E-state index in [0.29, 0.717) is 11.3 Å². The van der Waals surface area contributed by atoms with E-state index in [1.165, 1.54) is 0 Å². The Morgan fingerprint density at radius 1 is 1.25 bits per heavy atom. The van der Waals surface area contributed by atoms with E-state index < -0.39 is 22.9 Å². The van der Waals surface area contributed by atoms with Crippen LogP contribution in [0.3, 0.4) is 0 Å². The van der Waals surface area contributed by atoms with E-state index in [1.807, 2.05) is 18.2 Å². The highest BCUT2D eigenvalue weighted by Gasteiger charge is 2.52. The summed E-state index contributed by atoms with van der Waals surface area (Å²) in [5.74, 6) is -0.309. The quantitative estimate of drug-likeness (QED) is 0.879. The maximum absolute atomic E-state index is 12.8. The number of carbonyl (C=O) groups is 3. The largest absolute Gasteiger partial charge is 0.458 e. The molecule has 2 aromatic rings. The summed E-state index contributed by atoms with van der Waals surface area (Å²) in [6.07, 6.45) is 0. The fourth-order valence-electron chi connectivity index (χ4n) is 2.62. The lowest BCUT2D eigenvalue weighted by Crippen LogP contribution is -2.42. The molecule has 0 radical (unpaired) electrons. The molecule has 1 saturated heterocycles. The minimum Gasteiger partial charge on any atom is -0.458 e. The van der Waals surface area contributed by atoms with E-state index in [4.69, 9.17) is 4.42 Å². The Morgan fingerprint density at radius 3 is 2.54 bits per heavy atom. The van der Waals surface area contributed by atoms with Crippen LogP contribution >= 0.6 is 0 Å². The van der Waals surface area contributed by atoms with E-state index >= 15 is 0 Å². The molecule has 0 aliphatic carbocycles. The first-order chi connectivity index (χ1) is 11.1. The molecular formula is C18H20N2O4. The van der Waals surface area contributed by atoms with Crippen LogP contribution < -0.4 is 5.32 Å². The number of benzene rings is 1. The normalized spacial score (nSPS) is 21.4. The van der Waals surface area contributed by atoms with Crippen molar-refractivity contribution in [3.05, 3.63) is 36.1 Å². The predicted octanol–water partition coefficient (Wildman–Crippen LogP) is 2.82. The number of hydrogen-bond acceptors (Lipinski definition) is 4. The van der Waals surface area contributed by atoms with Gasteiger partial charge in [0.05, 0.1) is 6.54 Å². The number of carbonyl (C=O) groups excluding carboxylic acids is 3. The maximum Gasteiger partial charge on any atom is 0.325 e. The number of fused-ring (bicyclic) bond motifs is 1. The number of Topliss-reactive ketones (excluding diaryl/α,β-unsaturated/α-hetero) is 1. The molecule has 24 heavy (non-hydrogen) atoms. The van der Waals surface area contributed by atoms with Crippen molar-refractivity contribution in [2.45, 2.75) is 33.2 Å².